The number of phenols is 2. The summed E-state index contributed by atoms with van der Waals surface area (Å²) in [6, 6.07) is 9.49. The van der Waals surface area contributed by atoms with Gasteiger partial charge in [0.15, 0.2) is 0 Å². The Bertz CT molecular complexity index is 641. The number of hydrogen-bond donors (Lipinski definition) is 3. The third kappa shape index (κ3) is 3.17. The maximum atomic E-state index is 12.1. The van der Waals surface area contributed by atoms with E-state index in [1.54, 1.807) is 31.2 Å². The lowest BCUT2D eigenvalue weighted by Gasteiger charge is -2.10. The fraction of sp³-hybridized carbons (Fsp3) is 0.0714. The van der Waals surface area contributed by atoms with Crippen molar-refractivity contribution in [3.05, 3.63) is 51.1 Å². The van der Waals surface area contributed by atoms with Crippen molar-refractivity contribution in [2.24, 2.45) is 0 Å². The van der Waals surface area contributed by atoms with E-state index < -0.39 is 0 Å². The molecule has 0 aromatic heterocycles. The van der Waals surface area contributed by atoms with Crippen LogP contribution in [0, 0.1) is 10.5 Å². The van der Waals surface area contributed by atoms with E-state index in [0.29, 0.717) is 5.69 Å². The Balaban J connectivity index is 2.28. The van der Waals surface area contributed by atoms with Gasteiger partial charge in [0.2, 0.25) is 0 Å². The molecule has 4 nitrogen and oxygen atoms in total. The fourth-order valence-electron chi connectivity index (χ4n) is 1.67. The number of nitrogens with one attached hydrogen (secondary N) is 1. The Morgan fingerprint density at radius 2 is 1.89 bits per heavy atom. The molecule has 5 heteroatoms. The molecule has 0 aliphatic heterocycles. The molecule has 2 aromatic rings. The van der Waals surface area contributed by atoms with Crippen LogP contribution in [0.15, 0.2) is 36.4 Å². The highest BCUT2D eigenvalue weighted by Crippen LogP contribution is 2.24. The summed E-state index contributed by atoms with van der Waals surface area (Å²) in [4.78, 5) is 12.1. The smallest absolute Gasteiger partial charge is 0.259 e. The molecular formula is C14H12INO3. The number of aryl methyl sites for hydroxylation is 1. The van der Waals surface area contributed by atoms with Crippen molar-refractivity contribution < 1.29 is 15.0 Å². The third-order valence-corrected chi connectivity index (χ3v) is 3.33. The van der Waals surface area contributed by atoms with Gasteiger partial charge in [-0.05, 0) is 71.5 Å². The molecule has 0 aliphatic carbocycles. The van der Waals surface area contributed by atoms with Gasteiger partial charge in [0.1, 0.15) is 11.5 Å². The average Bonchev–Trinajstić information content (AvgIpc) is 2.35. The lowest BCUT2D eigenvalue weighted by atomic mass is 10.1. The second-order valence-corrected chi connectivity index (χ2v) is 5.36. The van der Waals surface area contributed by atoms with Crippen LogP contribution in [0.4, 0.5) is 5.69 Å². The number of anilines is 1. The summed E-state index contributed by atoms with van der Waals surface area (Å²) < 4.78 is 0.864. The van der Waals surface area contributed by atoms with Crippen LogP contribution in [0.2, 0.25) is 0 Å². The van der Waals surface area contributed by atoms with Gasteiger partial charge in [-0.2, -0.15) is 0 Å². The van der Waals surface area contributed by atoms with Crippen LogP contribution in [0.3, 0.4) is 0 Å². The third-order valence-electron chi connectivity index (χ3n) is 2.66. The Hall–Kier alpha value is -1.76. The van der Waals surface area contributed by atoms with E-state index in [-0.39, 0.29) is 23.0 Å². The maximum absolute atomic E-state index is 12.1. The SMILES string of the molecule is Cc1cc(O)ccc1NC(=O)c1cc(I)ccc1O. The maximum Gasteiger partial charge on any atom is 0.259 e. The van der Waals surface area contributed by atoms with Gasteiger partial charge in [-0.15, -0.1) is 0 Å². The van der Waals surface area contributed by atoms with Gasteiger partial charge in [0.05, 0.1) is 5.56 Å². The number of carbonyl (C=O) groups excluding carboxylic acids is 1. The van der Waals surface area contributed by atoms with E-state index in [9.17, 15) is 15.0 Å². The molecule has 0 fully saturated rings. The Labute approximate surface area is 124 Å². The van der Waals surface area contributed by atoms with Crippen LogP contribution in [0.1, 0.15) is 15.9 Å². The van der Waals surface area contributed by atoms with Crippen molar-refractivity contribution in [1.29, 1.82) is 0 Å². The Morgan fingerprint density at radius 1 is 1.16 bits per heavy atom. The minimum absolute atomic E-state index is 0.0608. The molecule has 0 unspecified atom stereocenters. The molecule has 19 heavy (non-hydrogen) atoms. The first kappa shape index (κ1) is 13.7. The molecule has 0 aliphatic rings. The first-order valence-electron chi connectivity index (χ1n) is 5.57. The molecule has 1 amide bonds. The predicted molar refractivity (Wildman–Crippen MR) is 81.6 cm³/mol. The summed E-state index contributed by atoms with van der Waals surface area (Å²) in [5, 5.41) is 21.7. The van der Waals surface area contributed by atoms with Crippen LogP contribution >= 0.6 is 22.6 Å². The number of rotatable bonds is 2. The van der Waals surface area contributed by atoms with Crippen molar-refractivity contribution in [1.82, 2.24) is 0 Å². The largest absolute Gasteiger partial charge is 0.508 e. The lowest BCUT2D eigenvalue weighted by Crippen LogP contribution is -2.13. The highest BCUT2D eigenvalue weighted by molar-refractivity contribution is 14.1. The topological polar surface area (TPSA) is 69.6 Å². The van der Waals surface area contributed by atoms with E-state index >= 15 is 0 Å². The van der Waals surface area contributed by atoms with Gasteiger partial charge < -0.3 is 15.5 Å². The van der Waals surface area contributed by atoms with Crippen LogP contribution in [-0.4, -0.2) is 16.1 Å². The summed E-state index contributed by atoms with van der Waals surface area (Å²) in [6.07, 6.45) is 0. The van der Waals surface area contributed by atoms with E-state index in [0.717, 1.165) is 9.13 Å². The van der Waals surface area contributed by atoms with E-state index in [1.165, 1.54) is 12.1 Å². The zero-order valence-corrected chi connectivity index (χ0v) is 12.3. The molecule has 0 saturated heterocycles. The summed E-state index contributed by atoms with van der Waals surface area (Å²) in [6.45, 7) is 1.78. The predicted octanol–water partition coefficient (Wildman–Crippen LogP) is 3.26. The zero-order valence-electron chi connectivity index (χ0n) is 10.1. The summed E-state index contributed by atoms with van der Waals surface area (Å²) in [5.74, 6) is -0.299. The Morgan fingerprint density at radius 3 is 2.58 bits per heavy atom. The Kier molecular flexibility index (Phi) is 3.94. The van der Waals surface area contributed by atoms with E-state index in [1.807, 2.05) is 0 Å². The number of halogens is 1. The van der Waals surface area contributed by atoms with Gasteiger partial charge >= 0.3 is 0 Å². The van der Waals surface area contributed by atoms with Crippen LogP contribution in [-0.2, 0) is 0 Å². The second kappa shape index (κ2) is 5.48. The molecular weight excluding hydrogens is 357 g/mol. The van der Waals surface area contributed by atoms with Gasteiger partial charge in [-0.3, -0.25) is 4.79 Å². The zero-order chi connectivity index (χ0) is 14.0. The number of hydrogen-bond acceptors (Lipinski definition) is 3. The molecule has 0 atom stereocenters. The van der Waals surface area contributed by atoms with Crippen LogP contribution < -0.4 is 5.32 Å². The minimum atomic E-state index is -0.384. The summed E-state index contributed by atoms with van der Waals surface area (Å²) in [7, 11) is 0. The number of aromatic hydroxyl groups is 2. The average molecular weight is 369 g/mol. The highest BCUT2D eigenvalue weighted by Gasteiger charge is 2.12. The van der Waals surface area contributed by atoms with Gasteiger partial charge in [0.25, 0.3) is 5.91 Å². The van der Waals surface area contributed by atoms with Crippen molar-refractivity contribution in [3.8, 4) is 11.5 Å². The van der Waals surface area contributed by atoms with Crippen LogP contribution in [0.5, 0.6) is 11.5 Å². The molecule has 0 saturated carbocycles. The van der Waals surface area contributed by atoms with Gasteiger partial charge in [-0.25, -0.2) is 0 Å². The monoisotopic (exact) mass is 369 g/mol. The number of carbonyl (C=O) groups is 1. The van der Waals surface area contributed by atoms with Crippen molar-refractivity contribution in [3.63, 3.8) is 0 Å². The normalized spacial score (nSPS) is 10.2. The van der Waals surface area contributed by atoms with E-state index in [4.69, 9.17) is 0 Å². The second-order valence-electron chi connectivity index (χ2n) is 4.11. The van der Waals surface area contributed by atoms with Crippen LogP contribution in [0.25, 0.3) is 0 Å². The molecule has 3 N–H and O–H groups in total. The van der Waals surface area contributed by atoms with E-state index in [2.05, 4.69) is 27.9 Å². The van der Waals surface area contributed by atoms with Gasteiger partial charge in [0, 0.05) is 9.26 Å². The molecule has 0 radical (unpaired) electrons. The molecule has 98 valence electrons. The number of benzene rings is 2. The molecule has 0 bridgehead atoms. The van der Waals surface area contributed by atoms with Crippen molar-refractivity contribution in [2.75, 3.05) is 5.32 Å². The first-order chi connectivity index (χ1) is 8.97. The molecule has 0 heterocycles. The highest BCUT2D eigenvalue weighted by atomic mass is 127. The molecule has 0 spiro atoms. The quantitative estimate of drug-likeness (QED) is 0.562. The summed E-state index contributed by atoms with van der Waals surface area (Å²) >= 11 is 2.07. The first-order valence-corrected chi connectivity index (χ1v) is 6.65. The fourth-order valence-corrected chi connectivity index (χ4v) is 2.16. The summed E-state index contributed by atoms with van der Waals surface area (Å²) in [5.41, 5.74) is 1.57. The van der Waals surface area contributed by atoms with Crippen molar-refractivity contribution in [2.45, 2.75) is 6.92 Å². The minimum Gasteiger partial charge on any atom is -0.508 e. The molecule has 2 rings (SSSR count). The number of amides is 1. The molecule has 2 aromatic carbocycles. The van der Waals surface area contributed by atoms with Gasteiger partial charge in [-0.1, -0.05) is 0 Å². The van der Waals surface area contributed by atoms with Crippen molar-refractivity contribution >= 4 is 34.2 Å². The standard InChI is InChI=1S/C14H12INO3/c1-8-6-10(17)3-4-12(8)16-14(19)11-7-9(15)2-5-13(11)18/h2-7,17-18H,1H3,(H,16,19). The lowest BCUT2D eigenvalue weighted by molar-refractivity contribution is 0.102. The number of phenolic OH excluding ortho intramolecular Hbond substituents is 2.